The van der Waals surface area contributed by atoms with Gasteiger partial charge in [0.05, 0.1) is 13.2 Å². The summed E-state index contributed by atoms with van der Waals surface area (Å²) in [6, 6.07) is 12.8. The Bertz CT molecular complexity index is 1050. The maximum atomic E-state index is 13.4. The number of amides is 2. The zero-order valence-electron chi connectivity index (χ0n) is 19.5. The van der Waals surface area contributed by atoms with E-state index in [0.29, 0.717) is 42.8 Å². The van der Waals surface area contributed by atoms with Gasteiger partial charge in [0.1, 0.15) is 24.2 Å². The van der Waals surface area contributed by atoms with E-state index >= 15 is 0 Å². The Morgan fingerprint density at radius 3 is 2.23 bits per heavy atom. The van der Waals surface area contributed by atoms with E-state index in [0.717, 1.165) is 5.56 Å². The minimum absolute atomic E-state index is 0.0970. The molecular formula is C25H30N4O6. The van der Waals surface area contributed by atoms with Crippen LogP contribution >= 0.6 is 0 Å². The number of amidine groups is 1. The van der Waals surface area contributed by atoms with E-state index in [1.807, 2.05) is 12.1 Å². The lowest BCUT2D eigenvalue weighted by atomic mass is 10.0. The molecule has 186 valence electrons. The highest BCUT2D eigenvalue weighted by molar-refractivity contribution is 5.99. The number of nitrogens with zero attached hydrogens (tertiary/aromatic N) is 1. The fourth-order valence-corrected chi connectivity index (χ4v) is 3.89. The number of nitrogens with two attached hydrogens (primary N) is 1. The predicted octanol–water partition coefficient (Wildman–Crippen LogP) is 1.41. The number of carbonyl (C=O) groups excluding carboxylic acids is 2. The van der Waals surface area contributed by atoms with Crippen molar-refractivity contribution in [1.29, 1.82) is 5.41 Å². The smallest absolute Gasteiger partial charge is 0.329 e. The van der Waals surface area contributed by atoms with E-state index in [-0.39, 0.29) is 30.9 Å². The molecule has 0 bridgehead atoms. The molecule has 3 rings (SSSR count). The van der Waals surface area contributed by atoms with Gasteiger partial charge in [0.2, 0.25) is 5.91 Å². The molecule has 10 heteroatoms. The second-order valence-electron chi connectivity index (χ2n) is 8.30. The second kappa shape index (κ2) is 12.0. The van der Waals surface area contributed by atoms with Gasteiger partial charge in [-0.3, -0.25) is 15.0 Å². The number of piperidine rings is 1. The van der Waals surface area contributed by atoms with Gasteiger partial charge in [-0.1, -0.05) is 24.3 Å². The molecule has 0 aromatic heterocycles. The second-order valence-corrected chi connectivity index (χ2v) is 8.30. The Morgan fingerprint density at radius 1 is 1.09 bits per heavy atom. The number of rotatable bonds is 10. The quantitative estimate of drug-likeness (QED) is 0.295. The van der Waals surface area contributed by atoms with Crippen molar-refractivity contribution >= 4 is 23.6 Å². The lowest BCUT2D eigenvalue weighted by Gasteiger charge is -2.34. The molecule has 1 aliphatic heterocycles. The monoisotopic (exact) mass is 482 g/mol. The molecule has 0 spiro atoms. The fraction of sp³-hybridized carbons (Fsp3) is 0.360. The zero-order valence-corrected chi connectivity index (χ0v) is 19.5. The Hall–Kier alpha value is -3.92. The molecule has 1 fully saturated rings. The largest absolute Gasteiger partial charge is 0.497 e. The SMILES string of the molecule is COc1ccc(C[C@H](NC(=O)c2ccc(C(=N)N)cc2)C(=O)N2CCC(OCC(=O)O)CC2)cc1. The zero-order chi connectivity index (χ0) is 25.4. The first-order valence-electron chi connectivity index (χ1n) is 11.3. The van der Waals surface area contributed by atoms with Crippen LogP contribution in [-0.2, 0) is 20.7 Å². The molecule has 10 nitrogen and oxygen atoms in total. The van der Waals surface area contributed by atoms with E-state index in [1.54, 1.807) is 48.4 Å². The van der Waals surface area contributed by atoms with Gasteiger partial charge in [-0.25, -0.2) is 4.79 Å². The topological polar surface area (TPSA) is 155 Å². The van der Waals surface area contributed by atoms with Crippen LogP contribution in [0.5, 0.6) is 5.75 Å². The van der Waals surface area contributed by atoms with Crippen molar-refractivity contribution in [1.82, 2.24) is 10.2 Å². The molecule has 2 aromatic carbocycles. The lowest BCUT2D eigenvalue weighted by Crippen LogP contribution is -2.52. The summed E-state index contributed by atoms with van der Waals surface area (Å²) >= 11 is 0. The van der Waals surface area contributed by atoms with Gasteiger partial charge in [-0.2, -0.15) is 0 Å². The number of ether oxygens (including phenoxy) is 2. The number of aliphatic carboxylic acids is 1. The predicted molar refractivity (Wildman–Crippen MR) is 129 cm³/mol. The van der Waals surface area contributed by atoms with Crippen molar-refractivity contribution in [2.75, 3.05) is 26.8 Å². The molecule has 0 saturated carbocycles. The molecule has 2 aromatic rings. The molecule has 1 atom stereocenters. The average molecular weight is 483 g/mol. The molecule has 1 aliphatic rings. The molecule has 0 unspecified atom stereocenters. The summed E-state index contributed by atoms with van der Waals surface area (Å²) in [7, 11) is 1.57. The number of benzene rings is 2. The Balaban J connectivity index is 1.71. The number of carboxylic acids is 1. The van der Waals surface area contributed by atoms with E-state index in [2.05, 4.69) is 5.32 Å². The van der Waals surface area contributed by atoms with Crippen LogP contribution in [0.3, 0.4) is 0 Å². The molecule has 1 saturated heterocycles. The normalized spacial score (nSPS) is 14.7. The van der Waals surface area contributed by atoms with Crippen LogP contribution in [0.25, 0.3) is 0 Å². The number of likely N-dealkylation sites (tertiary alicyclic amines) is 1. The molecular weight excluding hydrogens is 452 g/mol. The minimum Gasteiger partial charge on any atom is -0.497 e. The van der Waals surface area contributed by atoms with Crippen molar-refractivity contribution in [3.05, 3.63) is 65.2 Å². The van der Waals surface area contributed by atoms with Crippen molar-refractivity contribution in [3.63, 3.8) is 0 Å². The van der Waals surface area contributed by atoms with Gasteiger partial charge in [0.15, 0.2) is 0 Å². The highest BCUT2D eigenvalue weighted by Crippen LogP contribution is 2.18. The molecule has 0 radical (unpaired) electrons. The third-order valence-corrected chi connectivity index (χ3v) is 5.86. The fourth-order valence-electron chi connectivity index (χ4n) is 3.89. The number of methoxy groups -OCH3 is 1. The summed E-state index contributed by atoms with van der Waals surface area (Å²) < 4.78 is 10.5. The standard InChI is InChI=1S/C25H30N4O6/c1-34-19-8-2-16(3-9-19)14-21(28-24(32)18-6-4-17(5-7-18)23(26)27)25(33)29-12-10-20(11-13-29)35-15-22(30)31/h2-9,20-21H,10-15H2,1H3,(H3,26,27)(H,28,32)(H,30,31)/t21-/m0/s1. The number of nitrogens with one attached hydrogen (secondary N) is 2. The average Bonchev–Trinajstić information content (AvgIpc) is 2.87. The van der Waals surface area contributed by atoms with Gasteiger partial charge in [-0.15, -0.1) is 0 Å². The summed E-state index contributed by atoms with van der Waals surface area (Å²) in [5, 5.41) is 19.1. The van der Waals surface area contributed by atoms with E-state index in [9.17, 15) is 14.4 Å². The van der Waals surface area contributed by atoms with Crippen molar-refractivity contribution in [2.45, 2.75) is 31.4 Å². The third kappa shape index (κ3) is 7.28. The van der Waals surface area contributed by atoms with Crippen LogP contribution < -0.4 is 15.8 Å². The third-order valence-electron chi connectivity index (χ3n) is 5.86. The van der Waals surface area contributed by atoms with E-state index in [1.165, 1.54) is 0 Å². The molecule has 35 heavy (non-hydrogen) atoms. The van der Waals surface area contributed by atoms with Crippen LogP contribution in [0.1, 0.15) is 34.3 Å². The molecule has 2 amide bonds. The van der Waals surface area contributed by atoms with Crippen LogP contribution in [-0.4, -0.2) is 72.6 Å². The van der Waals surface area contributed by atoms with Gasteiger partial charge in [0.25, 0.3) is 5.91 Å². The maximum Gasteiger partial charge on any atom is 0.329 e. The number of hydrogen-bond acceptors (Lipinski definition) is 6. The summed E-state index contributed by atoms with van der Waals surface area (Å²) in [6.07, 6.45) is 1.11. The van der Waals surface area contributed by atoms with E-state index < -0.39 is 17.9 Å². The van der Waals surface area contributed by atoms with E-state index in [4.69, 9.17) is 25.7 Å². The number of carboxylic acid groups (broad SMARTS) is 1. The first kappa shape index (κ1) is 25.7. The minimum atomic E-state index is -1.03. The lowest BCUT2D eigenvalue weighted by molar-refractivity contribution is -0.147. The highest BCUT2D eigenvalue weighted by atomic mass is 16.5. The summed E-state index contributed by atoms with van der Waals surface area (Å²) in [5.74, 6) is -1.06. The van der Waals surface area contributed by atoms with Crippen LogP contribution in [0.4, 0.5) is 0 Å². The number of hydrogen-bond donors (Lipinski definition) is 4. The van der Waals surface area contributed by atoms with Crippen LogP contribution in [0.15, 0.2) is 48.5 Å². The first-order valence-corrected chi connectivity index (χ1v) is 11.3. The maximum absolute atomic E-state index is 13.4. The summed E-state index contributed by atoms with van der Waals surface area (Å²) in [5.41, 5.74) is 7.19. The van der Waals surface area contributed by atoms with Gasteiger partial charge in [-0.05, 0) is 42.7 Å². The van der Waals surface area contributed by atoms with Gasteiger partial charge < -0.3 is 30.5 Å². The van der Waals surface area contributed by atoms with Crippen LogP contribution in [0, 0.1) is 5.41 Å². The molecule has 1 heterocycles. The number of carbonyl (C=O) groups is 3. The van der Waals surface area contributed by atoms with Gasteiger partial charge in [0, 0.05) is 30.6 Å². The summed E-state index contributed by atoms with van der Waals surface area (Å²) in [4.78, 5) is 38.8. The van der Waals surface area contributed by atoms with Crippen molar-refractivity contribution < 1.29 is 29.0 Å². The first-order chi connectivity index (χ1) is 16.8. The van der Waals surface area contributed by atoms with Crippen molar-refractivity contribution in [2.24, 2.45) is 5.73 Å². The van der Waals surface area contributed by atoms with Crippen molar-refractivity contribution in [3.8, 4) is 5.75 Å². The molecule has 0 aliphatic carbocycles. The number of nitrogen functional groups attached to an aromatic ring is 1. The highest BCUT2D eigenvalue weighted by Gasteiger charge is 2.30. The Morgan fingerprint density at radius 2 is 1.69 bits per heavy atom. The van der Waals surface area contributed by atoms with Gasteiger partial charge >= 0.3 is 5.97 Å². The Kier molecular flexibility index (Phi) is 8.80. The Labute approximate surface area is 203 Å². The molecule has 5 N–H and O–H groups in total. The summed E-state index contributed by atoms with van der Waals surface area (Å²) in [6.45, 7) is 0.452. The van der Waals surface area contributed by atoms with Crippen LogP contribution in [0.2, 0.25) is 0 Å².